The molecule has 0 fully saturated rings. The Balaban J connectivity index is 0.000000133. The van der Waals surface area contributed by atoms with Crippen molar-refractivity contribution in [1.29, 1.82) is 0 Å². The number of amidine groups is 6. The van der Waals surface area contributed by atoms with Crippen LogP contribution in [0.15, 0.2) is 256 Å². The lowest BCUT2D eigenvalue weighted by Gasteiger charge is -2.18. The monoisotopic (exact) mass is 1880 g/mol. The molecule has 0 atom stereocenters. The van der Waals surface area contributed by atoms with E-state index in [0.717, 1.165) is 34.6 Å². The summed E-state index contributed by atoms with van der Waals surface area (Å²) in [6.07, 6.45) is 13.9. The number of benzene rings is 7. The van der Waals surface area contributed by atoms with Gasteiger partial charge in [-0.05, 0) is 144 Å². The Hall–Kier alpha value is -14.0. The first-order valence-corrected chi connectivity index (χ1v) is 49.8. The SMILES string of the molecule is CCc1ccccc1COc1cccc2c1C(N)=NS(=O)(=O)C2.Cc1cc(C)n(CCOc2cccc3c2C(N)=NS(=O)(=O)C3)n1.NC1=NS(=O)(=O)Cc2cccc(OCCc3ccccn3)c21.NC1=NS(=O)(=O)Cc2cccc(OCCn3cccc3)c21.NC1=NS(=O)(=O)Cc2cccc(OCCn3cccn3)c21.NC1=NS(=O)(=O)Cc2cccc(OCc3ccoc3)c21. The summed E-state index contributed by atoms with van der Waals surface area (Å²) in [5, 5.41) is 8.45. The minimum atomic E-state index is -3.54. The van der Waals surface area contributed by atoms with Crippen LogP contribution in [0.5, 0.6) is 34.5 Å². The van der Waals surface area contributed by atoms with Crippen LogP contribution in [-0.4, -0.2) is 141 Å². The summed E-state index contributed by atoms with van der Waals surface area (Å²) in [6, 6.07) is 54.7. The lowest BCUT2D eigenvalue weighted by atomic mass is 10.1. The summed E-state index contributed by atoms with van der Waals surface area (Å²) in [7, 11) is -21.2. The maximum Gasteiger partial charge on any atom is 0.259 e. The molecule has 37 nitrogen and oxygen atoms in total. The second kappa shape index (κ2) is 41.0. The molecule has 12 N–H and O–H groups in total. The van der Waals surface area contributed by atoms with E-state index >= 15 is 0 Å². The Bertz CT molecular complexity index is 6940. The first-order chi connectivity index (χ1) is 62.1. The number of ether oxygens (including phenoxy) is 6. The summed E-state index contributed by atoms with van der Waals surface area (Å²) in [5.74, 6) is 2.24. The number of aryl methyl sites for hydroxylation is 3. The normalized spacial score (nSPS) is 15.9. The number of sulfonamides is 6. The standard InChI is InChI=1S/C17H18N2O3S.C15H18N4O3S.C15H15N3O3S.C14H15N3O3S.C13H14N4O3S.C13H12N2O4S/c1-2-12-6-3-4-7-13(12)10-22-15-9-5-8-14-11-23(20,21)19-17(18)16(14)15;1-10-8-11(2)19(17-10)6-7-22-13-5-3-4-12-9-23(20,21)18-15(16)14(12)13;16-15-14-11(10-22(19,20)18-15)4-3-6-13(14)21-9-7-12-5-1-2-8-17-12;15-14-13-11(10-21(18,19)16-14)4-3-5-12(13)20-9-8-17-6-1-2-7-17;14-13-12-10(9-21(18,19)16-13)3-1-4-11(12)20-8-7-17-6-2-5-15-17;14-13-12-10(8-20(16,17)15-13)2-1-3-11(12)19-7-9-4-5-18-6-9/h3-9H,2,10-11H2,1H3,(H2,18,19);3-5,8H,6-7,9H2,1-2H3,(H2,16,18);1-6,8H,7,9-10H2,(H2,16,18);1-7H,8-10H2,(H2,15,16);1-6H,7-9H2,(H2,14,16);1-6H,7-8H2,(H2,14,15). The molecule has 7 aromatic carbocycles. The van der Waals surface area contributed by atoms with Gasteiger partial charge in [0.25, 0.3) is 60.1 Å². The molecule has 43 heteroatoms. The van der Waals surface area contributed by atoms with Crippen LogP contribution in [0.25, 0.3) is 0 Å². The van der Waals surface area contributed by atoms with Gasteiger partial charge in [-0.15, -0.1) is 26.4 Å². The Morgan fingerprint density at radius 2 is 0.738 bits per heavy atom. The minimum Gasteiger partial charge on any atom is -0.492 e. The van der Waals surface area contributed by atoms with Crippen molar-refractivity contribution in [2.75, 3.05) is 26.4 Å². The molecular formula is C87H92N18O19S6. The molecule has 130 heavy (non-hydrogen) atoms. The van der Waals surface area contributed by atoms with Crippen LogP contribution in [-0.2, 0) is 140 Å². The van der Waals surface area contributed by atoms with E-state index in [1.54, 1.807) is 145 Å². The van der Waals surface area contributed by atoms with Crippen molar-refractivity contribution in [3.63, 3.8) is 0 Å². The van der Waals surface area contributed by atoms with Crippen LogP contribution >= 0.6 is 0 Å². The van der Waals surface area contributed by atoms with Gasteiger partial charge in [-0.2, -0.15) is 10.2 Å². The van der Waals surface area contributed by atoms with Crippen molar-refractivity contribution < 1.29 is 83.3 Å². The zero-order valence-electron chi connectivity index (χ0n) is 70.4. The van der Waals surface area contributed by atoms with E-state index in [0.29, 0.717) is 167 Å². The quantitative estimate of drug-likeness (QED) is 0.0356. The van der Waals surface area contributed by atoms with Gasteiger partial charge in [-0.3, -0.25) is 14.3 Å². The summed E-state index contributed by atoms with van der Waals surface area (Å²) in [4.78, 5) is 4.22. The highest BCUT2D eigenvalue weighted by atomic mass is 32.2. The number of nitrogens with zero attached hydrogens (tertiary/aromatic N) is 12. The van der Waals surface area contributed by atoms with Crippen molar-refractivity contribution in [2.24, 2.45) is 60.8 Å². The Labute approximate surface area is 751 Å². The second-order valence-corrected chi connectivity index (χ2v) is 39.4. The van der Waals surface area contributed by atoms with E-state index in [1.807, 2.05) is 102 Å². The van der Waals surface area contributed by atoms with E-state index in [4.69, 9.17) is 67.2 Å². The third-order valence-corrected chi connectivity index (χ3v) is 26.8. The zero-order valence-corrected chi connectivity index (χ0v) is 75.3. The number of furan rings is 1. The maximum atomic E-state index is 11.7. The van der Waals surface area contributed by atoms with Crippen LogP contribution in [0.4, 0.5) is 0 Å². The summed E-state index contributed by atoms with van der Waals surface area (Å²) < 4.78 is 206. The van der Waals surface area contributed by atoms with Gasteiger partial charge in [0.15, 0.2) is 0 Å². The van der Waals surface area contributed by atoms with Crippen LogP contribution in [0, 0.1) is 13.8 Å². The number of pyridine rings is 1. The van der Waals surface area contributed by atoms with Gasteiger partial charge in [0.2, 0.25) is 0 Å². The molecular weight excluding hydrogens is 1790 g/mol. The average Bonchev–Trinajstić information content (AvgIpc) is 1.18. The number of fused-ring (bicyclic) bond motifs is 6. The molecule has 0 saturated heterocycles. The molecule has 6 aliphatic heterocycles. The molecule has 0 radical (unpaired) electrons. The van der Waals surface area contributed by atoms with Crippen LogP contribution in [0.2, 0.25) is 0 Å². The lowest BCUT2D eigenvalue weighted by molar-refractivity contribution is 0.289. The van der Waals surface area contributed by atoms with Crippen LogP contribution in [0.1, 0.15) is 107 Å². The predicted molar refractivity (Wildman–Crippen MR) is 490 cm³/mol. The van der Waals surface area contributed by atoms with Gasteiger partial charge < -0.3 is 71.8 Å². The molecule has 5 aromatic heterocycles. The molecule has 0 spiro atoms. The number of hydrogen-bond donors (Lipinski definition) is 6. The van der Waals surface area contributed by atoms with Gasteiger partial charge in [0.05, 0.1) is 112 Å². The van der Waals surface area contributed by atoms with E-state index in [9.17, 15) is 50.5 Å². The third-order valence-electron chi connectivity index (χ3n) is 19.9. The first-order valence-electron chi connectivity index (χ1n) is 40.1. The molecule has 11 heterocycles. The molecule has 0 amide bonds. The van der Waals surface area contributed by atoms with E-state index < -0.39 is 60.1 Å². The second-order valence-electron chi connectivity index (χ2n) is 29.6. The van der Waals surface area contributed by atoms with E-state index in [2.05, 4.69) is 54.6 Å². The van der Waals surface area contributed by atoms with Crippen molar-refractivity contribution >= 4 is 95.2 Å². The minimum absolute atomic E-state index is 0.00665. The lowest BCUT2D eigenvalue weighted by Crippen LogP contribution is -2.25. The predicted octanol–water partition coefficient (Wildman–Crippen LogP) is 7.79. The summed E-state index contributed by atoms with van der Waals surface area (Å²) >= 11 is 0. The van der Waals surface area contributed by atoms with Gasteiger partial charge in [0, 0.05) is 54.4 Å². The number of hydrogen-bond acceptors (Lipinski definition) is 28. The largest absolute Gasteiger partial charge is 0.492 e. The van der Waals surface area contributed by atoms with E-state index in [-0.39, 0.29) is 69.5 Å². The number of rotatable bonds is 23. The van der Waals surface area contributed by atoms with Crippen LogP contribution in [0.3, 0.4) is 0 Å². The van der Waals surface area contributed by atoms with Crippen molar-refractivity contribution in [3.8, 4) is 34.5 Å². The molecule has 0 bridgehead atoms. The van der Waals surface area contributed by atoms with Crippen molar-refractivity contribution in [3.05, 3.63) is 326 Å². The average molecular weight is 1890 g/mol. The van der Waals surface area contributed by atoms with Gasteiger partial charge >= 0.3 is 0 Å². The molecule has 680 valence electrons. The fourth-order valence-corrected chi connectivity index (χ4v) is 20.9. The molecule has 12 aromatic rings. The molecule has 18 rings (SSSR count). The number of aromatic nitrogens is 6. The van der Waals surface area contributed by atoms with Gasteiger partial charge in [0.1, 0.15) is 103 Å². The van der Waals surface area contributed by atoms with Crippen molar-refractivity contribution in [2.45, 2.75) is 101 Å². The van der Waals surface area contributed by atoms with E-state index in [1.165, 1.54) is 5.56 Å². The zero-order chi connectivity index (χ0) is 92.6. The summed E-state index contributed by atoms with van der Waals surface area (Å²) in [6.45, 7) is 10.3. The topological polar surface area (TPSA) is 557 Å². The highest BCUT2D eigenvalue weighted by molar-refractivity contribution is 7.91. The van der Waals surface area contributed by atoms with Gasteiger partial charge in [-0.1, -0.05) is 110 Å². The third kappa shape index (κ3) is 24.9. The highest BCUT2D eigenvalue weighted by Crippen LogP contribution is 2.35. The Morgan fingerprint density at radius 1 is 0.369 bits per heavy atom. The molecule has 0 aliphatic carbocycles. The Morgan fingerprint density at radius 3 is 1.09 bits per heavy atom. The Kier molecular flexibility index (Phi) is 29.5. The molecule has 0 saturated carbocycles. The summed E-state index contributed by atoms with van der Waals surface area (Å²) in [5.41, 5.74) is 48.0. The fraction of sp³-hybridized carbons (Fsp3) is 0.230. The maximum absolute atomic E-state index is 11.7. The highest BCUT2D eigenvalue weighted by Gasteiger charge is 2.32. The molecule has 0 unspecified atom stereocenters. The fourth-order valence-electron chi connectivity index (χ4n) is 14.3. The number of nitrogens with two attached hydrogens (primary N) is 6. The van der Waals surface area contributed by atoms with Gasteiger partial charge in [-0.25, -0.2) is 50.5 Å². The molecule has 6 aliphatic rings. The first kappa shape index (κ1) is 93.6. The van der Waals surface area contributed by atoms with Crippen LogP contribution < -0.4 is 62.8 Å². The smallest absolute Gasteiger partial charge is 0.259 e. The van der Waals surface area contributed by atoms with Crippen molar-refractivity contribution in [1.82, 2.24) is 29.1 Å².